The van der Waals surface area contributed by atoms with Crippen LogP contribution in [-0.4, -0.2) is 70.9 Å². The molecule has 0 bridgehead atoms. The minimum absolute atomic E-state index is 0.184. The van der Waals surface area contributed by atoms with Crippen molar-refractivity contribution in [2.75, 3.05) is 38.2 Å². The quantitative estimate of drug-likeness (QED) is 0.630. The molecule has 0 radical (unpaired) electrons. The molecule has 1 atom stereocenters. The van der Waals surface area contributed by atoms with E-state index in [2.05, 4.69) is 43.7 Å². The number of ether oxygens (including phenoxy) is 1. The monoisotopic (exact) mass is 411 g/mol. The van der Waals surface area contributed by atoms with Gasteiger partial charge in [0.25, 0.3) is 5.91 Å². The lowest BCUT2D eigenvalue weighted by atomic mass is 10.00. The van der Waals surface area contributed by atoms with Crippen molar-refractivity contribution in [3.63, 3.8) is 0 Å². The van der Waals surface area contributed by atoms with Crippen LogP contribution in [0.2, 0.25) is 0 Å². The minimum atomic E-state index is -0.638. The number of nitrogens with one attached hydrogen (secondary N) is 2. The van der Waals surface area contributed by atoms with E-state index in [9.17, 15) is 9.90 Å². The number of β-amino-alcohol motifs (C(OH)–C–C–N with tert-alkyl or cyclic N) is 1. The van der Waals surface area contributed by atoms with Crippen LogP contribution in [0.5, 0.6) is 0 Å². The maximum Gasteiger partial charge on any atom is 0.270 e. The van der Waals surface area contributed by atoms with Gasteiger partial charge >= 0.3 is 0 Å². The van der Waals surface area contributed by atoms with Gasteiger partial charge in [0.05, 0.1) is 6.10 Å². The van der Waals surface area contributed by atoms with Crippen molar-refractivity contribution in [3.05, 3.63) is 53.5 Å². The van der Waals surface area contributed by atoms with E-state index in [0.29, 0.717) is 24.1 Å². The van der Waals surface area contributed by atoms with Gasteiger partial charge in [-0.05, 0) is 30.4 Å². The molecule has 0 saturated carbocycles. The summed E-state index contributed by atoms with van der Waals surface area (Å²) in [5.74, 6) is 0.324. The fourth-order valence-corrected chi connectivity index (χ4v) is 3.99. The second kappa shape index (κ2) is 9.97. The van der Waals surface area contributed by atoms with E-state index < -0.39 is 6.10 Å². The summed E-state index contributed by atoms with van der Waals surface area (Å²) in [6, 6.07) is 10.4. The molecule has 3 heterocycles. The van der Waals surface area contributed by atoms with Gasteiger partial charge in [-0.25, -0.2) is 9.97 Å². The summed E-state index contributed by atoms with van der Waals surface area (Å²) in [5, 5.41) is 16.5. The molecule has 1 saturated heterocycles. The number of aromatic nitrogens is 2. The second-order valence-corrected chi connectivity index (χ2v) is 7.94. The number of carbonyl (C=O) groups excluding carboxylic acids is 1. The lowest BCUT2D eigenvalue weighted by Gasteiger charge is -2.30. The van der Waals surface area contributed by atoms with E-state index in [-0.39, 0.29) is 12.5 Å². The molecule has 8 nitrogen and oxygen atoms in total. The molecule has 0 unspecified atom stereocenters. The zero-order valence-corrected chi connectivity index (χ0v) is 17.1. The molecular formula is C22H29N5O3. The smallest absolute Gasteiger partial charge is 0.270 e. The number of fused-ring (bicyclic) bond motifs is 1. The fraction of sp³-hybridized carbons (Fsp3) is 0.500. The minimum Gasteiger partial charge on any atom is -0.390 e. The van der Waals surface area contributed by atoms with Crippen molar-refractivity contribution < 1.29 is 14.6 Å². The summed E-state index contributed by atoms with van der Waals surface area (Å²) < 4.78 is 5.36. The molecule has 1 amide bonds. The first-order chi connectivity index (χ1) is 14.7. The van der Waals surface area contributed by atoms with Crippen molar-refractivity contribution >= 4 is 11.7 Å². The summed E-state index contributed by atoms with van der Waals surface area (Å²) in [6.07, 6.45) is 3.56. The van der Waals surface area contributed by atoms with Gasteiger partial charge in [0.1, 0.15) is 17.8 Å². The number of carbonyl (C=O) groups is 1. The molecule has 3 N–H and O–H groups in total. The number of rotatable bonds is 7. The molecule has 1 fully saturated rings. The van der Waals surface area contributed by atoms with Crippen LogP contribution in [-0.2, 0) is 17.7 Å². The van der Waals surface area contributed by atoms with Crippen LogP contribution < -0.4 is 10.6 Å². The number of nitrogens with zero attached hydrogens (tertiary/aromatic N) is 3. The van der Waals surface area contributed by atoms with Crippen molar-refractivity contribution in [2.24, 2.45) is 0 Å². The molecule has 0 spiro atoms. The number of amides is 1. The van der Waals surface area contributed by atoms with Crippen LogP contribution in [0.3, 0.4) is 0 Å². The van der Waals surface area contributed by atoms with Gasteiger partial charge in [-0.2, -0.15) is 0 Å². The zero-order valence-electron chi connectivity index (χ0n) is 17.1. The third-order valence-corrected chi connectivity index (χ3v) is 5.65. The number of benzene rings is 1. The Bertz CT molecular complexity index is 856. The van der Waals surface area contributed by atoms with Gasteiger partial charge in [-0.1, -0.05) is 24.3 Å². The van der Waals surface area contributed by atoms with E-state index in [1.807, 2.05) is 6.07 Å². The summed E-state index contributed by atoms with van der Waals surface area (Å²) in [7, 11) is 0. The highest BCUT2D eigenvalue weighted by atomic mass is 16.5. The first-order valence-electron chi connectivity index (χ1n) is 10.6. The number of aliphatic hydroxyl groups excluding tert-OH is 1. The van der Waals surface area contributed by atoms with Gasteiger partial charge in [0, 0.05) is 51.5 Å². The van der Waals surface area contributed by atoms with Crippen LogP contribution >= 0.6 is 0 Å². The molecule has 4 rings (SSSR count). The highest BCUT2D eigenvalue weighted by Crippen LogP contribution is 2.18. The average molecular weight is 412 g/mol. The zero-order chi connectivity index (χ0) is 20.8. The number of hydrogen-bond donors (Lipinski definition) is 3. The second-order valence-electron chi connectivity index (χ2n) is 7.94. The first-order valence-corrected chi connectivity index (χ1v) is 10.6. The molecule has 2 aliphatic heterocycles. The molecule has 2 aromatic rings. The Morgan fingerprint density at radius 1 is 1.23 bits per heavy atom. The van der Waals surface area contributed by atoms with Gasteiger partial charge in [0.15, 0.2) is 0 Å². The third kappa shape index (κ3) is 5.53. The Labute approximate surface area is 176 Å². The van der Waals surface area contributed by atoms with Gasteiger partial charge in [0.2, 0.25) is 0 Å². The lowest BCUT2D eigenvalue weighted by Crippen LogP contribution is -2.42. The van der Waals surface area contributed by atoms with Gasteiger partial charge in [-0.15, -0.1) is 0 Å². The number of anilines is 1. The average Bonchev–Trinajstić information content (AvgIpc) is 2.78. The van der Waals surface area contributed by atoms with Crippen LogP contribution in [0, 0.1) is 0 Å². The van der Waals surface area contributed by atoms with E-state index in [0.717, 1.165) is 45.6 Å². The van der Waals surface area contributed by atoms with E-state index in [4.69, 9.17) is 4.74 Å². The van der Waals surface area contributed by atoms with Crippen LogP contribution in [0.15, 0.2) is 36.7 Å². The Kier molecular flexibility index (Phi) is 6.88. The van der Waals surface area contributed by atoms with Crippen molar-refractivity contribution in [1.82, 2.24) is 20.2 Å². The summed E-state index contributed by atoms with van der Waals surface area (Å²) >= 11 is 0. The summed E-state index contributed by atoms with van der Waals surface area (Å²) in [4.78, 5) is 23.0. The fourth-order valence-electron chi connectivity index (χ4n) is 3.99. The van der Waals surface area contributed by atoms with E-state index in [1.54, 1.807) is 6.07 Å². The van der Waals surface area contributed by atoms with Crippen molar-refractivity contribution in [1.29, 1.82) is 0 Å². The molecular weight excluding hydrogens is 382 g/mol. The molecule has 30 heavy (non-hydrogen) atoms. The normalized spacial score (nSPS) is 18.4. The maximum atomic E-state index is 12.5. The Morgan fingerprint density at radius 3 is 2.87 bits per heavy atom. The van der Waals surface area contributed by atoms with Gasteiger partial charge in [-0.3, -0.25) is 9.69 Å². The lowest BCUT2D eigenvalue weighted by molar-refractivity contribution is 0.0837. The van der Waals surface area contributed by atoms with Crippen LogP contribution in [0.25, 0.3) is 0 Å². The molecule has 8 heteroatoms. The van der Waals surface area contributed by atoms with E-state index in [1.165, 1.54) is 17.5 Å². The van der Waals surface area contributed by atoms with Crippen molar-refractivity contribution in [3.8, 4) is 0 Å². The maximum absolute atomic E-state index is 12.5. The Morgan fingerprint density at radius 2 is 2.03 bits per heavy atom. The topological polar surface area (TPSA) is 99.6 Å². The SMILES string of the molecule is O=C(NC[C@@H](O)CN1CCc2ccccc2C1)c1cc(NC2CCOCC2)ncn1. The number of hydrogen-bond acceptors (Lipinski definition) is 7. The summed E-state index contributed by atoms with van der Waals surface area (Å²) in [6.45, 7) is 3.91. The summed E-state index contributed by atoms with van der Waals surface area (Å²) in [5.41, 5.74) is 2.98. The standard InChI is InChI=1S/C22H29N5O3/c28-19(14-27-8-5-16-3-1-2-4-17(16)13-27)12-23-22(29)20-11-21(25-15-24-20)26-18-6-9-30-10-7-18/h1-4,11,15,18-19,28H,5-10,12-14H2,(H,23,29)(H,24,25,26)/t19-/m1/s1. The third-order valence-electron chi connectivity index (χ3n) is 5.65. The Balaban J connectivity index is 1.24. The van der Waals surface area contributed by atoms with Crippen LogP contribution in [0.1, 0.15) is 34.5 Å². The van der Waals surface area contributed by atoms with Gasteiger partial charge < -0.3 is 20.5 Å². The van der Waals surface area contributed by atoms with E-state index >= 15 is 0 Å². The highest BCUT2D eigenvalue weighted by molar-refractivity contribution is 5.92. The number of aliphatic hydroxyl groups is 1. The molecule has 160 valence electrons. The molecule has 2 aliphatic rings. The molecule has 1 aromatic carbocycles. The Hall–Kier alpha value is -2.55. The molecule has 0 aliphatic carbocycles. The highest BCUT2D eigenvalue weighted by Gasteiger charge is 2.20. The first kappa shape index (κ1) is 20.7. The predicted molar refractivity (Wildman–Crippen MR) is 113 cm³/mol. The van der Waals surface area contributed by atoms with Crippen molar-refractivity contribution in [2.45, 2.75) is 38.0 Å². The molecule has 1 aromatic heterocycles. The largest absolute Gasteiger partial charge is 0.390 e. The predicted octanol–water partition coefficient (Wildman–Crippen LogP) is 1.22. The van der Waals surface area contributed by atoms with Crippen LogP contribution in [0.4, 0.5) is 5.82 Å².